The number of aliphatic carboxylic acids is 1. The minimum absolute atomic E-state index is 0.231. The van der Waals surface area contributed by atoms with Gasteiger partial charge in [0, 0.05) is 20.6 Å². The Balaban J connectivity index is 3.56. The Bertz CT molecular complexity index is 193. The van der Waals surface area contributed by atoms with Crippen LogP contribution in [0.25, 0.3) is 0 Å². The Morgan fingerprint density at radius 3 is 2.46 bits per heavy atom. The number of nitrogens with zero attached hydrogens (tertiary/aromatic N) is 1. The summed E-state index contributed by atoms with van der Waals surface area (Å²) in [6, 6.07) is -1.17. The highest BCUT2D eigenvalue weighted by Crippen LogP contribution is 1.86. The number of nitrogens with two attached hydrogens (primary N) is 1. The van der Waals surface area contributed by atoms with Crippen LogP contribution in [0.2, 0.25) is 0 Å². The Labute approximate surface area is 76.7 Å². The first-order chi connectivity index (χ1) is 5.95. The van der Waals surface area contributed by atoms with E-state index in [0.29, 0.717) is 0 Å². The molecule has 13 heavy (non-hydrogen) atoms. The Kier molecular flexibility index (Phi) is 4.83. The van der Waals surface area contributed by atoms with Crippen molar-refractivity contribution in [2.45, 2.75) is 12.5 Å². The molecule has 0 spiro atoms. The highest BCUT2D eigenvalue weighted by molar-refractivity contribution is 5.74. The number of hydrogen-bond donors (Lipinski definition) is 3. The van der Waals surface area contributed by atoms with Crippen molar-refractivity contribution < 1.29 is 14.7 Å². The monoisotopic (exact) mass is 189 g/mol. The molecule has 0 radical (unpaired) electrons. The summed E-state index contributed by atoms with van der Waals surface area (Å²) in [5.74, 6) is -1.06. The van der Waals surface area contributed by atoms with Gasteiger partial charge in [-0.25, -0.2) is 4.79 Å². The van der Waals surface area contributed by atoms with Gasteiger partial charge >= 0.3 is 12.0 Å². The summed E-state index contributed by atoms with van der Waals surface area (Å²) in [6.45, 7) is 0.268. The van der Waals surface area contributed by atoms with Gasteiger partial charge in [-0.3, -0.25) is 4.79 Å². The van der Waals surface area contributed by atoms with Crippen LogP contribution in [0.15, 0.2) is 0 Å². The summed E-state index contributed by atoms with van der Waals surface area (Å²) in [5, 5.41) is 10.9. The zero-order valence-corrected chi connectivity index (χ0v) is 7.78. The predicted molar refractivity (Wildman–Crippen MR) is 47.3 cm³/mol. The number of carboxylic acid groups (broad SMARTS) is 1. The summed E-state index contributed by atoms with van der Waals surface area (Å²) in [4.78, 5) is 22.5. The van der Waals surface area contributed by atoms with Gasteiger partial charge < -0.3 is 21.1 Å². The van der Waals surface area contributed by atoms with Crippen LogP contribution < -0.4 is 11.1 Å². The molecule has 0 aromatic heterocycles. The molecular weight excluding hydrogens is 174 g/mol. The molecule has 0 saturated heterocycles. The maximum Gasteiger partial charge on any atom is 0.320 e. The molecule has 6 heteroatoms. The molecule has 0 aromatic carbocycles. The van der Waals surface area contributed by atoms with Crippen LogP contribution in [0, 0.1) is 0 Å². The molecule has 0 rings (SSSR count). The molecule has 0 saturated carbocycles. The van der Waals surface area contributed by atoms with E-state index in [1.54, 1.807) is 14.1 Å². The van der Waals surface area contributed by atoms with E-state index in [-0.39, 0.29) is 19.0 Å². The van der Waals surface area contributed by atoms with Crippen LogP contribution in [0.5, 0.6) is 0 Å². The topological polar surface area (TPSA) is 95.7 Å². The minimum atomic E-state index is -1.06. The molecule has 0 unspecified atom stereocenters. The Hall–Kier alpha value is -1.30. The van der Waals surface area contributed by atoms with Gasteiger partial charge in [-0.15, -0.1) is 0 Å². The molecule has 2 amide bonds. The second-order valence-corrected chi connectivity index (χ2v) is 2.86. The van der Waals surface area contributed by atoms with Gasteiger partial charge in [0.25, 0.3) is 0 Å². The third-order valence-electron chi connectivity index (χ3n) is 1.45. The summed E-state index contributed by atoms with van der Waals surface area (Å²) in [6.07, 6.45) is 0.231. The summed E-state index contributed by atoms with van der Waals surface area (Å²) >= 11 is 0. The first-order valence-corrected chi connectivity index (χ1v) is 3.88. The van der Waals surface area contributed by atoms with E-state index in [1.165, 1.54) is 4.90 Å². The normalized spacial score (nSPS) is 11.9. The molecule has 0 aliphatic heterocycles. The fraction of sp³-hybridized carbons (Fsp3) is 0.714. The molecule has 0 bridgehead atoms. The lowest BCUT2D eigenvalue weighted by molar-refractivity contribution is -0.138. The Morgan fingerprint density at radius 2 is 2.08 bits per heavy atom. The largest absolute Gasteiger partial charge is 0.480 e. The second-order valence-electron chi connectivity index (χ2n) is 2.86. The first kappa shape index (κ1) is 11.7. The first-order valence-electron chi connectivity index (χ1n) is 3.88. The number of amides is 2. The van der Waals surface area contributed by atoms with E-state index in [9.17, 15) is 9.59 Å². The maximum absolute atomic E-state index is 10.9. The van der Waals surface area contributed by atoms with Crippen LogP contribution in [-0.2, 0) is 4.79 Å². The molecule has 76 valence electrons. The molecule has 0 aliphatic carbocycles. The van der Waals surface area contributed by atoms with Crippen molar-refractivity contribution >= 4 is 12.0 Å². The van der Waals surface area contributed by atoms with Crippen molar-refractivity contribution in [1.82, 2.24) is 10.2 Å². The fourth-order valence-corrected chi connectivity index (χ4v) is 0.616. The van der Waals surface area contributed by atoms with Gasteiger partial charge in [0.05, 0.1) is 0 Å². The highest BCUT2D eigenvalue weighted by atomic mass is 16.4. The molecule has 4 N–H and O–H groups in total. The molecule has 6 nitrogen and oxygen atoms in total. The molecule has 0 aromatic rings. The lowest BCUT2D eigenvalue weighted by Crippen LogP contribution is -2.39. The van der Waals surface area contributed by atoms with E-state index in [4.69, 9.17) is 10.8 Å². The van der Waals surface area contributed by atoms with Crippen LogP contribution in [0.3, 0.4) is 0 Å². The van der Waals surface area contributed by atoms with Crippen molar-refractivity contribution in [1.29, 1.82) is 0 Å². The third-order valence-corrected chi connectivity index (χ3v) is 1.45. The average Bonchev–Trinajstić information content (AvgIpc) is 2.03. The van der Waals surface area contributed by atoms with Gasteiger partial charge in [-0.2, -0.15) is 0 Å². The number of nitrogens with one attached hydrogen (secondary N) is 1. The van der Waals surface area contributed by atoms with Crippen LogP contribution in [0.4, 0.5) is 4.79 Å². The SMILES string of the molecule is CN(C)C(=O)NCC[C@H](N)C(=O)O. The van der Waals surface area contributed by atoms with Crippen LogP contribution >= 0.6 is 0 Å². The summed E-state index contributed by atoms with van der Waals surface area (Å²) < 4.78 is 0. The quantitative estimate of drug-likeness (QED) is 0.531. The van der Waals surface area contributed by atoms with Crippen molar-refractivity contribution in [3.8, 4) is 0 Å². The average molecular weight is 189 g/mol. The fourth-order valence-electron chi connectivity index (χ4n) is 0.616. The van der Waals surface area contributed by atoms with Gasteiger partial charge in [0.2, 0.25) is 0 Å². The number of hydrogen-bond acceptors (Lipinski definition) is 3. The van der Waals surface area contributed by atoms with E-state index in [1.807, 2.05) is 0 Å². The third kappa shape index (κ3) is 5.02. The number of carbonyl (C=O) groups is 2. The van der Waals surface area contributed by atoms with E-state index < -0.39 is 12.0 Å². The van der Waals surface area contributed by atoms with Crippen molar-refractivity contribution in [2.24, 2.45) is 5.73 Å². The zero-order chi connectivity index (χ0) is 10.4. The van der Waals surface area contributed by atoms with Crippen molar-refractivity contribution in [2.75, 3.05) is 20.6 Å². The maximum atomic E-state index is 10.9. The van der Waals surface area contributed by atoms with E-state index in [2.05, 4.69) is 5.32 Å². The van der Waals surface area contributed by atoms with Gasteiger partial charge in [-0.05, 0) is 6.42 Å². The molecule has 1 atom stereocenters. The summed E-state index contributed by atoms with van der Waals surface area (Å²) in [5.41, 5.74) is 5.21. The van der Waals surface area contributed by atoms with E-state index in [0.717, 1.165) is 0 Å². The van der Waals surface area contributed by atoms with Crippen molar-refractivity contribution in [3.63, 3.8) is 0 Å². The zero-order valence-electron chi connectivity index (χ0n) is 7.78. The minimum Gasteiger partial charge on any atom is -0.480 e. The summed E-state index contributed by atoms with van der Waals surface area (Å²) in [7, 11) is 3.21. The lowest BCUT2D eigenvalue weighted by Gasteiger charge is -2.12. The number of carbonyl (C=O) groups excluding carboxylic acids is 1. The van der Waals surface area contributed by atoms with Crippen LogP contribution in [-0.4, -0.2) is 48.7 Å². The molecule has 0 heterocycles. The highest BCUT2D eigenvalue weighted by Gasteiger charge is 2.11. The van der Waals surface area contributed by atoms with Crippen LogP contribution in [0.1, 0.15) is 6.42 Å². The molecule has 0 aliphatic rings. The van der Waals surface area contributed by atoms with Gasteiger partial charge in [0.15, 0.2) is 0 Å². The number of rotatable bonds is 4. The number of urea groups is 1. The number of carboxylic acids is 1. The smallest absolute Gasteiger partial charge is 0.320 e. The Morgan fingerprint density at radius 1 is 1.54 bits per heavy atom. The predicted octanol–water partition coefficient (Wildman–Crippen LogP) is -0.940. The standard InChI is InChI=1S/C7H15N3O3/c1-10(2)7(13)9-4-3-5(8)6(11)12/h5H,3-4,8H2,1-2H3,(H,9,13)(H,11,12)/t5-/m0/s1. The van der Waals surface area contributed by atoms with E-state index >= 15 is 0 Å². The lowest BCUT2D eigenvalue weighted by atomic mass is 10.2. The second kappa shape index (κ2) is 5.36. The van der Waals surface area contributed by atoms with Gasteiger partial charge in [-0.1, -0.05) is 0 Å². The van der Waals surface area contributed by atoms with Gasteiger partial charge in [0.1, 0.15) is 6.04 Å². The molecular formula is C7H15N3O3. The molecule has 0 fully saturated rings. The van der Waals surface area contributed by atoms with Crippen molar-refractivity contribution in [3.05, 3.63) is 0 Å².